The maximum Gasteiger partial charge on any atom is 0.271 e. The summed E-state index contributed by atoms with van der Waals surface area (Å²) in [4.78, 5) is 26.9. The number of benzene rings is 1. The molecule has 0 saturated carbocycles. The summed E-state index contributed by atoms with van der Waals surface area (Å²) in [5, 5.41) is 10.2. The van der Waals surface area contributed by atoms with Gasteiger partial charge in [0.25, 0.3) is 5.91 Å². The average Bonchev–Trinajstić information content (AvgIpc) is 3.18. The molecule has 1 aliphatic heterocycles. The smallest absolute Gasteiger partial charge is 0.271 e. The normalized spacial score (nSPS) is 16.4. The fourth-order valence-corrected chi connectivity index (χ4v) is 3.21. The van der Waals surface area contributed by atoms with Gasteiger partial charge in [0.2, 0.25) is 5.91 Å². The standard InChI is InChI=1S/C21H28N4O2/c1-14(2)15(3)22-20(26)17-9-11-25(12-10-17)21(27)19-13-18(23-24-19)16-7-5-4-6-8-16/h4-8,13-15,17H,9-12H2,1-3H3,(H,22,26)(H,23,24)/t15-/m0/s1. The second-order valence-electron chi connectivity index (χ2n) is 7.64. The van der Waals surface area contributed by atoms with Crippen molar-refractivity contribution in [3.63, 3.8) is 0 Å². The van der Waals surface area contributed by atoms with Gasteiger partial charge in [0.05, 0.1) is 5.69 Å². The topological polar surface area (TPSA) is 78.1 Å². The summed E-state index contributed by atoms with van der Waals surface area (Å²) < 4.78 is 0. The Hall–Kier alpha value is -2.63. The number of hydrogen-bond donors (Lipinski definition) is 2. The number of likely N-dealkylation sites (tertiary alicyclic amines) is 1. The van der Waals surface area contributed by atoms with E-state index in [-0.39, 0.29) is 23.8 Å². The van der Waals surface area contributed by atoms with E-state index >= 15 is 0 Å². The summed E-state index contributed by atoms with van der Waals surface area (Å²) in [6.45, 7) is 7.41. The molecule has 2 heterocycles. The molecule has 0 unspecified atom stereocenters. The van der Waals surface area contributed by atoms with Gasteiger partial charge in [0.1, 0.15) is 5.69 Å². The molecule has 6 heteroatoms. The van der Waals surface area contributed by atoms with Crippen LogP contribution in [0.5, 0.6) is 0 Å². The van der Waals surface area contributed by atoms with Crippen LogP contribution >= 0.6 is 0 Å². The van der Waals surface area contributed by atoms with Gasteiger partial charge in [-0.25, -0.2) is 0 Å². The van der Waals surface area contributed by atoms with Crippen LogP contribution in [0.2, 0.25) is 0 Å². The van der Waals surface area contributed by atoms with Crippen molar-refractivity contribution in [2.45, 2.75) is 39.7 Å². The number of nitrogens with zero attached hydrogens (tertiary/aromatic N) is 2. The van der Waals surface area contributed by atoms with Crippen molar-refractivity contribution < 1.29 is 9.59 Å². The second-order valence-corrected chi connectivity index (χ2v) is 7.64. The SMILES string of the molecule is CC(C)[C@H](C)NC(=O)C1CCN(C(=O)c2cc(-c3ccccc3)n[nH]2)CC1. The van der Waals surface area contributed by atoms with Crippen LogP contribution in [-0.2, 0) is 4.79 Å². The minimum atomic E-state index is -0.0564. The maximum atomic E-state index is 12.7. The average molecular weight is 368 g/mol. The number of aromatic amines is 1. The highest BCUT2D eigenvalue weighted by Gasteiger charge is 2.29. The Morgan fingerprint density at radius 3 is 2.44 bits per heavy atom. The number of hydrogen-bond acceptors (Lipinski definition) is 3. The Bertz CT molecular complexity index is 776. The van der Waals surface area contributed by atoms with Gasteiger partial charge in [-0.3, -0.25) is 14.7 Å². The first-order valence-electron chi connectivity index (χ1n) is 9.66. The molecule has 2 aromatic rings. The lowest BCUT2D eigenvalue weighted by Gasteiger charge is -2.32. The zero-order chi connectivity index (χ0) is 19.4. The quantitative estimate of drug-likeness (QED) is 0.851. The molecule has 0 radical (unpaired) electrons. The second kappa shape index (κ2) is 8.37. The van der Waals surface area contributed by atoms with Crippen LogP contribution < -0.4 is 5.32 Å². The van der Waals surface area contributed by atoms with E-state index in [9.17, 15) is 9.59 Å². The first-order chi connectivity index (χ1) is 13.0. The van der Waals surface area contributed by atoms with Gasteiger partial charge in [0, 0.05) is 30.6 Å². The Morgan fingerprint density at radius 2 is 1.81 bits per heavy atom. The highest BCUT2D eigenvalue weighted by Crippen LogP contribution is 2.21. The van der Waals surface area contributed by atoms with Gasteiger partial charge in [-0.15, -0.1) is 0 Å². The predicted molar refractivity (Wildman–Crippen MR) is 105 cm³/mol. The molecule has 2 amide bonds. The molecule has 1 aliphatic rings. The summed E-state index contributed by atoms with van der Waals surface area (Å²) >= 11 is 0. The number of piperidine rings is 1. The molecular formula is C21H28N4O2. The molecule has 1 atom stereocenters. The summed E-state index contributed by atoms with van der Waals surface area (Å²) in [5.41, 5.74) is 2.23. The third-order valence-corrected chi connectivity index (χ3v) is 5.40. The van der Waals surface area contributed by atoms with E-state index in [0.717, 1.165) is 11.3 Å². The minimum Gasteiger partial charge on any atom is -0.353 e. The fraction of sp³-hybridized carbons (Fsp3) is 0.476. The monoisotopic (exact) mass is 368 g/mol. The predicted octanol–water partition coefficient (Wildman–Crippen LogP) is 3.09. The molecule has 1 aromatic heterocycles. The zero-order valence-corrected chi connectivity index (χ0v) is 16.2. The summed E-state index contributed by atoms with van der Waals surface area (Å²) in [5.74, 6) is 0.446. The van der Waals surface area contributed by atoms with Crippen molar-refractivity contribution in [2.75, 3.05) is 13.1 Å². The number of carbonyl (C=O) groups excluding carboxylic acids is 2. The molecule has 3 rings (SSSR count). The highest BCUT2D eigenvalue weighted by atomic mass is 16.2. The van der Waals surface area contributed by atoms with Crippen molar-refractivity contribution in [3.8, 4) is 11.3 Å². The van der Waals surface area contributed by atoms with Crippen molar-refractivity contribution in [2.24, 2.45) is 11.8 Å². The van der Waals surface area contributed by atoms with Gasteiger partial charge in [-0.05, 0) is 31.7 Å². The highest BCUT2D eigenvalue weighted by molar-refractivity contribution is 5.93. The van der Waals surface area contributed by atoms with Gasteiger partial charge in [-0.2, -0.15) is 5.10 Å². The number of amides is 2. The van der Waals surface area contributed by atoms with Crippen LogP contribution in [0.25, 0.3) is 11.3 Å². The summed E-state index contributed by atoms with van der Waals surface area (Å²) in [6.07, 6.45) is 1.39. The lowest BCUT2D eigenvalue weighted by Crippen LogP contribution is -2.45. The minimum absolute atomic E-state index is 0.0168. The lowest BCUT2D eigenvalue weighted by molar-refractivity contribution is -0.127. The Morgan fingerprint density at radius 1 is 1.15 bits per heavy atom. The molecule has 1 aromatic carbocycles. The molecule has 1 fully saturated rings. The van der Waals surface area contributed by atoms with E-state index in [4.69, 9.17) is 0 Å². The first kappa shape index (κ1) is 19.1. The maximum absolute atomic E-state index is 12.7. The molecule has 0 aliphatic carbocycles. The molecule has 27 heavy (non-hydrogen) atoms. The van der Waals surface area contributed by atoms with E-state index in [1.54, 1.807) is 11.0 Å². The van der Waals surface area contributed by atoms with Gasteiger partial charge >= 0.3 is 0 Å². The number of aromatic nitrogens is 2. The Balaban J connectivity index is 1.56. The van der Waals surface area contributed by atoms with E-state index < -0.39 is 0 Å². The number of H-pyrrole nitrogens is 1. The summed E-state index contributed by atoms with van der Waals surface area (Å²) in [7, 11) is 0. The first-order valence-corrected chi connectivity index (χ1v) is 9.66. The van der Waals surface area contributed by atoms with Crippen LogP contribution in [0.3, 0.4) is 0 Å². The van der Waals surface area contributed by atoms with Crippen molar-refractivity contribution in [1.29, 1.82) is 0 Å². The molecule has 0 spiro atoms. The van der Waals surface area contributed by atoms with Crippen LogP contribution in [0.4, 0.5) is 0 Å². The van der Waals surface area contributed by atoms with Gasteiger partial charge in [0.15, 0.2) is 0 Å². The Labute approximate surface area is 160 Å². The number of carbonyl (C=O) groups is 2. The van der Waals surface area contributed by atoms with E-state index in [2.05, 4.69) is 29.4 Å². The largest absolute Gasteiger partial charge is 0.353 e. The third-order valence-electron chi connectivity index (χ3n) is 5.40. The van der Waals surface area contributed by atoms with Crippen LogP contribution in [0, 0.1) is 11.8 Å². The fourth-order valence-electron chi connectivity index (χ4n) is 3.21. The zero-order valence-electron chi connectivity index (χ0n) is 16.2. The number of nitrogens with one attached hydrogen (secondary N) is 2. The van der Waals surface area contributed by atoms with Gasteiger partial charge < -0.3 is 10.2 Å². The van der Waals surface area contributed by atoms with Gasteiger partial charge in [-0.1, -0.05) is 44.2 Å². The molecule has 2 N–H and O–H groups in total. The van der Waals surface area contributed by atoms with Crippen molar-refractivity contribution in [3.05, 3.63) is 42.1 Å². The third kappa shape index (κ3) is 4.56. The number of rotatable bonds is 5. The molecule has 6 nitrogen and oxygen atoms in total. The Kier molecular flexibility index (Phi) is 5.94. The summed E-state index contributed by atoms with van der Waals surface area (Å²) in [6, 6.07) is 11.7. The van der Waals surface area contributed by atoms with E-state index in [0.29, 0.717) is 37.5 Å². The lowest BCUT2D eigenvalue weighted by atomic mass is 9.94. The molecule has 0 bridgehead atoms. The van der Waals surface area contributed by atoms with Crippen molar-refractivity contribution >= 4 is 11.8 Å². The molecule has 144 valence electrons. The van der Waals surface area contributed by atoms with E-state index in [1.807, 2.05) is 37.3 Å². The van der Waals surface area contributed by atoms with Crippen LogP contribution in [0.15, 0.2) is 36.4 Å². The van der Waals surface area contributed by atoms with Crippen LogP contribution in [-0.4, -0.2) is 46.0 Å². The van der Waals surface area contributed by atoms with E-state index in [1.165, 1.54) is 0 Å². The molecular weight excluding hydrogens is 340 g/mol. The van der Waals surface area contributed by atoms with Crippen LogP contribution in [0.1, 0.15) is 44.1 Å². The molecule has 1 saturated heterocycles. The van der Waals surface area contributed by atoms with Crippen molar-refractivity contribution in [1.82, 2.24) is 20.4 Å².